The minimum Gasteiger partial charge on any atom is -0.478 e. The Morgan fingerprint density at radius 1 is 1.12 bits per heavy atom. The number of benzene rings is 1. The molecule has 80 valence electrons. The molecule has 1 heterocycles. The highest BCUT2D eigenvalue weighted by Crippen LogP contribution is 2.19. The summed E-state index contributed by atoms with van der Waals surface area (Å²) in [5.41, 5.74) is 1.42. The van der Waals surface area contributed by atoms with Crippen molar-refractivity contribution in [1.82, 2.24) is 0 Å². The second-order valence-corrected chi connectivity index (χ2v) is 4.20. The zero-order valence-corrected chi connectivity index (χ0v) is 9.28. The van der Waals surface area contributed by atoms with Crippen LogP contribution in [0.15, 0.2) is 41.8 Å². The Morgan fingerprint density at radius 3 is 2.56 bits per heavy atom. The normalized spacial score (nSPS) is 10.8. The molecule has 0 radical (unpaired) electrons. The van der Waals surface area contributed by atoms with Crippen molar-refractivity contribution in [3.05, 3.63) is 57.8 Å². The summed E-state index contributed by atoms with van der Waals surface area (Å²) >= 11 is 1.43. The van der Waals surface area contributed by atoms with Crippen molar-refractivity contribution in [2.45, 2.75) is 0 Å². The predicted molar refractivity (Wildman–Crippen MR) is 66.6 cm³/mol. The molecule has 0 spiro atoms. The second-order valence-electron chi connectivity index (χ2n) is 3.25. The van der Waals surface area contributed by atoms with E-state index in [1.807, 2.05) is 42.5 Å². The summed E-state index contributed by atoms with van der Waals surface area (Å²) in [6, 6.07) is 11.4. The topological polar surface area (TPSA) is 37.3 Å². The van der Waals surface area contributed by atoms with E-state index in [4.69, 9.17) is 5.11 Å². The van der Waals surface area contributed by atoms with Gasteiger partial charge in [0.15, 0.2) is 0 Å². The SMILES string of the molecule is O=C(O)c1ccsc1C=Cc1ccccc1. The summed E-state index contributed by atoms with van der Waals surface area (Å²) in [4.78, 5) is 11.6. The fourth-order valence-corrected chi connectivity index (χ4v) is 2.14. The molecule has 0 unspecified atom stereocenters. The first-order chi connectivity index (χ1) is 7.77. The molecule has 0 aliphatic heterocycles. The van der Waals surface area contributed by atoms with Crippen molar-refractivity contribution in [3.63, 3.8) is 0 Å². The van der Waals surface area contributed by atoms with Gasteiger partial charge >= 0.3 is 5.97 Å². The highest BCUT2D eigenvalue weighted by Gasteiger charge is 2.07. The summed E-state index contributed by atoms with van der Waals surface area (Å²) < 4.78 is 0. The first-order valence-electron chi connectivity index (χ1n) is 4.81. The number of carboxylic acid groups (broad SMARTS) is 1. The summed E-state index contributed by atoms with van der Waals surface area (Å²) in [5, 5.41) is 10.7. The first-order valence-corrected chi connectivity index (χ1v) is 5.69. The van der Waals surface area contributed by atoms with E-state index >= 15 is 0 Å². The molecule has 0 saturated carbocycles. The Bertz CT molecular complexity index is 512. The summed E-state index contributed by atoms with van der Waals surface area (Å²) in [7, 11) is 0. The molecule has 16 heavy (non-hydrogen) atoms. The van der Waals surface area contributed by atoms with Crippen molar-refractivity contribution in [2.24, 2.45) is 0 Å². The largest absolute Gasteiger partial charge is 0.478 e. The summed E-state index contributed by atoms with van der Waals surface area (Å²) in [5.74, 6) is -0.881. The Kier molecular flexibility index (Phi) is 3.17. The van der Waals surface area contributed by atoms with Gasteiger partial charge in [0.05, 0.1) is 5.56 Å². The molecule has 0 bridgehead atoms. The van der Waals surface area contributed by atoms with Crippen molar-refractivity contribution >= 4 is 29.5 Å². The minimum atomic E-state index is -0.881. The highest BCUT2D eigenvalue weighted by atomic mass is 32.1. The van der Waals surface area contributed by atoms with Gasteiger partial charge < -0.3 is 5.11 Å². The molecule has 1 aromatic carbocycles. The number of carbonyl (C=O) groups is 1. The average molecular weight is 230 g/mol. The molecule has 1 aromatic heterocycles. The lowest BCUT2D eigenvalue weighted by Crippen LogP contribution is -1.94. The first kappa shape index (κ1) is 10.6. The highest BCUT2D eigenvalue weighted by molar-refractivity contribution is 7.11. The van der Waals surface area contributed by atoms with Crippen LogP contribution in [0.1, 0.15) is 20.8 Å². The molecule has 0 atom stereocenters. The Hall–Kier alpha value is -1.87. The van der Waals surface area contributed by atoms with Crippen LogP contribution < -0.4 is 0 Å². The fourth-order valence-electron chi connectivity index (χ4n) is 1.36. The van der Waals surface area contributed by atoms with Gasteiger partial charge in [0.2, 0.25) is 0 Å². The predicted octanol–water partition coefficient (Wildman–Crippen LogP) is 3.62. The van der Waals surface area contributed by atoms with Crippen LogP contribution in [0.2, 0.25) is 0 Å². The molecule has 0 aliphatic rings. The van der Waals surface area contributed by atoms with Gasteiger partial charge in [-0.1, -0.05) is 36.4 Å². The monoisotopic (exact) mass is 230 g/mol. The van der Waals surface area contributed by atoms with Crippen molar-refractivity contribution in [3.8, 4) is 0 Å². The van der Waals surface area contributed by atoms with Crippen LogP contribution in [0.3, 0.4) is 0 Å². The third-order valence-corrected chi connectivity index (χ3v) is 3.03. The van der Waals surface area contributed by atoms with E-state index in [1.54, 1.807) is 11.4 Å². The van der Waals surface area contributed by atoms with Crippen LogP contribution in [0.5, 0.6) is 0 Å². The molecule has 2 rings (SSSR count). The van der Waals surface area contributed by atoms with Crippen LogP contribution in [0.25, 0.3) is 12.2 Å². The lowest BCUT2D eigenvalue weighted by Gasteiger charge is -1.93. The number of hydrogen-bond acceptors (Lipinski definition) is 2. The molecule has 0 saturated heterocycles. The average Bonchev–Trinajstić information content (AvgIpc) is 2.76. The van der Waals surface area contributed by atoms with Gasteiger partial charge in [-0.25, -0.2) is 4.79 Å². The lowest BCUT2D eigenvalue weighted by atomic mass is 10.2. The lowest BCUT2D eigenvalue weighted by molar-refractivity contribution is 0.0697. The van der Waals surface area contributed by atoms with Crippen molar-refractivity contribution in [1.29, 1.82) is 0 Å². The van der Waals surface area contributed by atoms with Crippen molar-refractivity contribution < 1.29 is 9.90 Å². The molecule has 1 N–H and O–H groups in total. The van der Waals surface area contributed by atoms with Crippen LogP contribution in [-0.4, -0.2) is 11.1 Å². The molecular formula is C13H10O2S. The summed E-state index contributed by atoms with van der Waals surface area (Å²) in [6.45, 7) is 0. The number of hydrogen-bond donors (Lipinski definition) is 1. The van der Waals surface area contributed by atoms with Gasteiger partial charge in [-0.05, 0) is 23.1 Å². The molecule has 3 heteroatoms. The van der Waals surface area contributed by atoms with Crippen LogP contribution in [0.4, 0.5) is 0 Å². The smallest absolute Gasteiger partial charge is 0.337 e. The maximum atomic E-state index is 10.9. The number of rotatable bonds is 3. The number of thiophene rings is 1. The van der Waals surface area contributed by atoms with E-state index in [2.05, 4.69) is 0 Å². The van der Waals surface area contributed by atoms with Crippen molar-refractivity contribution in [2.75, 3.05) is 0 Å². The molecule has 0 amide bonds. The van der Waals surface area contributed by atoms with Gasteiger partial charge in [0.1, 0.15) is 0 Å². The third kappa shape index (κ3) is 2.38. The van der Waals surface area contributed by atoms with E-state index in [-0.39, 0.29) is 0 Å². The molecule has 2 nitrogen and oxygen atoms in total. The zero-order valence-electron chi connectivity index (χ0n) is 8.46. The summed E-state index contributed by atoms with van der Waals surface area (Å²) in [6.07, 6.45) is 3.75. The maximum absolute atomic E-state index is 10.9. The van der Waals surface area contributed by atoms with Gasteiger partial charge in [-0.15, -0.1) is 11.3 Å². The van der Waals surface area contributed by atoms with Crippen LogP contribution >= 0.6 is 11.3 Å². The zero-order chi connectivity index (χ0) is 11.4. The molecular weight excluding hydrogens is 220 g/mol. The van der Waals surface area contributed by atoms with E-state index in [9.17, 15) is 4.79 Å². The Labute approximate surface area is 97.5 Å². The van der Waals surface area contributed by atoms with E-state index in [0.717, 1.165) is 10.4 Å². The Morgan fingerprint density at radius 2 is 1.88 bits per heavy atom. The van der Waals surface area contributed by atoms with E-state index in [1.165, 1.54) is 11.3 Å². The molecule has 0 aliphatic carbocycles. The standard InChI is InChI=1S/C13H10O2S/c14-13(15)11-8-9-16-12(11)7-6-10-4-2-1-3-5-10/h1-9H,(H,14,15). The fraction of sp³-hybridized carbons (Fsp3) is 0. The third-order valence-electron chi connectivity index (χ3n) is 2.15. The Balaban J connectivity index is 2.24. The van der Waals surface area contributed by atoms with Gasteiger partial charge in [-0.3, -0.25) is 0 Å². The molecule has 2 aromatic rings. The van der Waals surface area contributed by atoms with Gasteiger partial charge in [0.25, 0.3) is 0 Å². The quantitative estimate of drug-likeness (QED) is 0.874. The van der Waals surface area contributed by atoms with Crippen LogP contribution in [0, 0.1) is 0 Å². The molecule has 0 fully saturated rings. The van der Waals surface area contributed by atoms with E-state index < -0.39 is 5.97 Å². The van der Waals surface area contributed by atoms with E-state index in [0.29, 0.717) is 5.56 Å². The van der Waals surface area contributed by atoms with Crippen LogP contribution in [-0.2, 0) is 0 Å². The van der Waals surface area contributed by atoms with Gasteiger partial charge in [0, 0.05) is 4.88 Å². The minimum absolute atomic E-state index is 0.359. The maximum Gasteiger partial charge on any atom is 0.337 e. The van der Waals surface area contributed by atoms with Gasteiger partial charge in [-0.2, -0.15) is 0 Å². The number of aromatic carboxylic acids is 1. The number of carboxylic acids is 1. The second kappa shape index (κ2) is 4.77.